The average molecular weight is 277 g/mol. The van der Waals surface area contributed by atoms with Crippen molar-refractivity contribution in [2.24, 2.45) is 0 Å². The SMILES string of the molecule is CC(C)c1ccc(-c2cc3cc(C(C)C)ccc3[nH]2)cc1. The minimum atomic E-state index is 0.568. The van der Waals surface area contributed by atoms with Crippen molar-refractivity contribution in [2.75, 3.05) is 0 Å². The van der Waals surface area contributed by atoms with Crippen molar-refractivity contribution in [3.05, 3.63) is 59.7 Å². The lowest BCUT2D eigenvalue weighted by atomic mass is 10.0. The van der Waals surface area contributed by atoms with Crippen LogP contribution in [0.15, 0.2) is 48.5 Å². The molecule has 108 valence electrons. The van der Waals surface area contributed by atoms with E-state index >= 15 is 0 Å². The van der Waals surface area contributed by atoms with E-state index in [1.807, 2.05) is 0 Å². The van der Waals surface area contributed by atoms with Gasteiger partial charge in [-0.3, -0.25) is 0 Å². The predicted octanol–water partition coefficient (Wildman–Crippen LogP) is 6.08. The summed E-state index contributed by atoms with van der Waals surface area (Å²) in [5, 5.41) is 1.30. The molecule has 0 saturated heterocycles. The second-order valence-corrected chi connectivity index (χ2v) is 6.46. The van der Waals surface area contributed by atoms with Crippen LogP contribution in [0.5, 0.6) is 0 Å². The van der Waals surface area contributed by atoms with Crippen molar-refractivity contribution in [2.45, 2.75) is 39.5 Å². The third-order valence-electron chi connectivity index (χ3n) is 4.20. The first-order chi connectivity index (χ1) is 10.0. The van der Waals surface area contributed by atoms with Crippen molar-refractivity contribution in [3.63, 3.8) is 0 Å². The molecule has 21 heavy (non-hydrogen) atoms. The largest absolute Gasteiger partial charge is 0.355 e. The van der Waals surface area contributed by atoms with Gasteiger partial charge in [-0.25, -0.2) is 0 Å². The van der Waals surface area contributed by atoms with Gasteiger partial charge in [-0.05, 0) is 46.7 Å². The zero-order valence-corrected chi connectivity index (χ0v) is 13.3. The summed E-state index contributed by atoms with van der Waals surface area (Å²) in [6.45, 7) is 8.93. The van der Waals surface area contributed by atoms with E-state index in [4.69, 9.17) is 0 Å². The number of hydrogen-bond donors (Lipinski definition) is 1. The smallest absolute Gasteiger partial charge is 0.0464 e. The Morgan fingerprint density at radius 1 is 0.714 bits per heavy atom. The van der Waals surface area contributed by atoms with Crippen molar-refractivity contribution < 1.29 is 0 Å². The van der Waals surface area contributed by atoms with Crippen molar-refractivity contribution >= 4 is 10.9 Å². The van der Waals surface area contributed by atoms with Crippen LogP contribution in [0.3, 0.4) is 0 Å². The van der Waals surface area contributed by atoms with Gasteiger partial charge >= 0.3 is 0 Å². The van der Waals surface area contributed by atoms with Crippen LogP contribution >= 0.6 is 0 Å². The molecule has 0 amide bonds. The molecule has 3 rings (SSSR count). The number of rotatable bonds is 3. The highest BCUT2D eigenvalue weighted by molar-refractivity contribution is 5.86. The fourth-order valence-corrected chi connectivity index (χ4v) is 2.71. The van der Waals surface area contributed by atoms with E-state index in [0.717, 1.165) is 0 Å². The van der Waals surface area contributed by atoms with Crippen molar-refractivity contribution in [1.82, 2.24) is 4.98 Å². The van der Waals surface area contributed by atoms with E-state index < -0.39 is 0 Å². The molecule has 1 heterocycles. The molecule has 1 aromatic heterocycles. The first-order valence-electron chi connectivity index (χ1n) is 7.77. The maximum atomic E-state index is 3.53. The lowest BCUT2D eigenvalue weighted by Crippen LogP contribution is -1.86. The fourth-order valence-electron chi connectivity index (χ4n) is 2.71. The summed E-state index contributed by atoms with van der Waals surface area (Å²) in [4.78, 5) is 3.53. The Labute approximate surface area is 127 Å². The summed E-state index contributed by atoms with van der Waals surface area (Å²) in [5.41, 5.74) is 6.44. The fraction of sp³-hybridized carbons (Fsp3) is 0.300. The van der Waals surface area contributed by atoms with Gasteiger partial charge in [0.25, 0.3) is 0 Å². The summed E-state index contributed by atoms with van der Waals surface area (Å²) < 4.78 is 0. The Kier molecular flexibility index (Phi) is 3.59. The van der Waals surface area contributed by atoms with E-state index in [1.165, 1.54) is 33.3 Å². The molecule has 0 bridgehead atoms. The minimum Gasteiger partial charge on any atom is -0.355 e. The number of benzene rings is 2. The monoisotopic (exact) mass is 277 g/mol. The third-order valence-corrected chi connectivity index (χ3v) is 4.20. The van der Waals surface area contributed by atoms with Crippen LogP contribution in [-0.2, 0) is 0 Å². The van der Waals surface area contributed by atoms with Gasteiger partial charge in [0, 0.05) is 16.6 Å². The highest BCUT2D eigenvalue weighted by Crippen LogP contribution is 2.28. The summed E-state index contributed by atoms with van der Waals surface area (Å²) >= 11 is 0. The molecule has 1 heteroatoms. The van der Waals surface area contributed by atoms with Gasteiger partial charge in [-0.2, -0.15) is 0 Å². The molecule has 1 nitrogen and oxygen atoms in total. The van der Waals surface area contributed by atoms with Crippen molar-refractivity contribution in [3.8, 4) is 11.3 Å². The molecule has 0 aliphatic rings. The third kappa shape index (κ3) is 2.73. The Balaban J connectivity index is 2.00. The Hall–Kier alpha value is -2.02. The van der Waals surface area contributed by atoms with Crippen LogP contribution in [0.2, 0.25) is 0 Å². The number of hydrogen-bond acceptors (Lipinski definition) is 0. The molecule has 0 atom stereocenters. The van der Waals surface area contributed by atoms with Crippen LogP contribution in [0.4, 0.5) is 0 Å². The molecule has 0 radical (unpaired) electrons. The van der Waals surface area contributed by atoms with Gasteiger partial charge in [0.15, 0.2) is 0 Å². The summed E-state index contributed by atoms with van der Waals surface area (Å²) in [6, 6.07) is 17.8. The van der Waals surface area contributed by atoms with Gasteiger partial charge in [-0.1, -0.05) is 58.0 Å². The molecule has 0 aliphatic carbocycles. The Morgan fingerprint density at radius 3 is 1.95 bits per heavy atom. The lowest BCUT2D eigenvalue weighted by Gasteiger charge is -2.05. The number of H-pyrrole nitrogens is 1. The maximum absolute atomic E-state index is 3.53. The first-order valence-corrected chi connectivity index (χ1v) is 7.77. The van der Waals surface area contributed by atoms with E-state index in [1.54, 1.807) is 0 Å². The molecule has 0 spiro atoms. The highest BCUT2D eigenvalue weighted by Gasteiger charge is 2.06. The van der Waals surface area contributed by atoms with Gasteiger partial charge in [0.1, 0.15) is 0 Å². The molecular formula is C20H23N. The summed E-state index contributed by atoms with van der Waals surface area (Å²) in [7, 11) is 0. The zero-order chi connectivity index (χ0) is 15.0. The van der Waals surface area contributed by atoms with E-state index in [2.05, 4.69) is 81.2 Å². The van der Waals surface area contributed by atoms with E-state index in [-0.39, 0.29) is 0 Å². The molecule has 0 saturated carbocycles. The van der Waals surface area contributed by atoms with Gasteiger partial charge in [-0.15, -0.1) is 0 Å². The van der Waals surface area contributed by atoms with Crippen LogP contribution in [0.1, 0.15) is 50.7 Å². The van der Waals surface area contributed by atoms with Crippen LogP contribution in [0, 0.1) is 0 Å². The quantitative estimate of drug-likeness (QED) is 0.597. The van der Waals surface area contributed by atoms with Crippen LogP contribution < -0.4 is 0 Å². The number of aromatic nitrogens is 1. The minimum absolute atomic E-state index is 0.568. The van der Waals surface area contributed by atoms with Gasteiger partial charge < -0.3 is 4.98 Å². The average Bonchev–Trinajstić information content (AvgIpc) is 2.90. The Morgan fingerprint density at radius 2 is 1.33 bits per heavy atom. The first kappa shape index (κ1) is 13.9. The second-order valence-electron chi connectivity index (χ2n) is 6.46. The maximum Gasteiger partial charge on any atom is 0.0464 e. The van der Waals surface area contributed by atoms with E-state index in [0.29, 0.717) is 11.8 Å². The lowest BCUT2D eigenvalue weighted by molar-refractivity contribution is 0.867. The van der Waals surface area contributed by atoms with Crippen LogP contribution in [0.25, 0.3) is 22.2 Å². The molecule has 0 fully saturated rings. The number of fused-ring (bicyclic) bond motifs is 1. The molecule has 0 aliphatic heterocycles. The summed E-state index contributed by atoms with van der Waals surface area (Å²) in [6.07, 6.45) is 0. The summed E-state index contributed by atoms with van der Waals surface area (Å²) in [5.74, 6) is 1.15. The normalized spacial score (nSPS) is 11.7. The van der Waals surface area contributed by atoms with Gasteiger partial charge in [0.05, 0.1) is 0 Å². The molecule has 1 N–H and O–H groups in total. The van der Waals surface area contributed by atoms with Crippen LogP contribution in [-0.4, -0.2) is 4.98 Å². The van der Waals surface area contributed by atoms with Gasteiger partial charge in [0.2, 0.25) is 0 Å². The highest BCUT2D eigenvalue weighted by atomic mass is 14.7. The standard InChI is InChI=1S/C20H23N/c1-13(2)15-5-7-16(8-6-15)20-12-18-11-17(14(3)4)9-10-19(18)21-20/h5-14,21H,1-4H3. The molecule has 0 unspecified atom stereocenters. The second kappa shape index (κ2) is 5.40. The van der Waals surface area contributed by atoms with Crippen molar-refractivity contribution in [1.29, 1.82) is 0 Å². The molecule has 2 aromatic carbocycles. The molecule has 3 aromatic rings. The predicted molar refractivity (Wildman–Crippen MR) is 91.9 cm³/mol. The Bertz CT molecular complexity index is 745. The topological polar surface area (TPSA) is 15.8 Å². The molecular weight excluding hydrogens is 254 g/mol. The number of aromatic amines is 1. The number of nitrogens with one attached hydrogen (secondary N) is 1. The zero-order valence-electron chi connectivity index (χ0n) is 13.3. The van der Waals surface area contributed by atoms with E-state index in [9.17, 15) is 0 Å².